The molecule has 0 atom stereocenters. The quantitative estimate of drug-likeness (QED) is 0.817. The van der Waals surface area contributed by atoms with Gasteiger partial charge in [0.25, 0.3) is 0 Å². The molecule has 2 heterocycles. The summed E-state index contributed by atoms with van der Waals surface area (Å²) in [5.41, 5.74) is 5.94. The van der Waals surface area contributed by atoms with Gasteiger partial charge in [0.2, 0.25) is 11.8 Å². The maximum atomic E-state index is 11.8. The lowest BCUT2D eigenvalue weighted by molar-refractivity contribution is -0.125. The Kier molecular flexibility index (Phi) is 9.28. The number of piperidine rings is 1. The Hall–Kier alpha value is -0.820. The van der Waals surface area contributed by atoms with E-state index in [0.717, 1.165) is 49.8 Å². The molecule has 1 aliphatic rings. The monoisotopic (exact) mass is 380 g/mol. The number of amides is 1. The molecule has 0 saturated carbocycles. The van der Waals surface area contributed by atoms with Crippen molar-refractivity contribution < 1.29 is 9.21 Å². The van der Waals surface area contributed by atoms with Gasteiger partial charge in [0.15, 0.2) is 0 Å². The number of hydrogen-bond acceptors (Lipinski definition) is 5. The first-order valence-electron chi connectivity index (χ1n) is 7.98. The second-order valence-corrected chi connectivity index (χ2v) is 6.90. The second-order valence-electron chi connectivity index (χ2n) is 6.90. The molecule has 24 heavy (non-hydrogen) atoms. The molecule has 1 aromatic heterocycles. The Labute approximate surface area is 156 Å². The van der Waals surface area contributed by atoms with Gasteiger partial charge in [0.05, 0.1) is 17.8 Å². The van der Waals surface area contributed by atoms with E-state index in [1.807, 2.05) is 13.8 Å². The van der Waals surface area contributed by atoms with E-state index >= 15 is 0 Å². The van der Waals surface area contributed by atoms with Crippen molar-refractivity contribution in [3.63, 3.8) is 0 Å². The number of aryl methyl sites for hydroxylation is 2. The first kappa shape index (κ1) is 23.2. The number of hydrogen-bond donors (Lipinski definition) is 2. The van der Waals surface area contributed by atoms with Gasteiger partial charge in [-0.2, -0.15) is 0 Å². The minimum atomic E-state index is -0.804. The molecule has 1 aromatic rings. The minimum absolute atomic E-state index is 0. The van der Waals surface area contributed by atoms with Crippen molar-refractivity contribution in [2.45, 2.75) is 52.6 Å². The van der Waals surface area contributed by atoms with E-state index in [9.17, 15) is 4.79 Å². The van der Waals surface area contributed by atoms with Crippen LogP contribution in [0.2, 0.25) is 0 Å². The number of halogens is 2. The zero-order chi connectivity index (χ0) is 16.3. The molecule has 0 aromatic carbocycles. The number of carbonyl (C=O) groups excluding carboxylic acids is 1. The van der Waals surface area contributed by atoms with Gasteiger partial charge in [-0.15, -0.1) is 24.8 Å². The first-order valence-corrected chi connectivity index (χ1v) is 7.98. The number of nitrogens with two attached hydrogens (primary N) is 1. The molecule has 0 unspecified atom stereocenters. The highest BCUT2D eigenvalue weighted by Gasteiger charge is 2.25. The fraction of sp³-hybridized carbons (Fsp3) is 0.750. The van der Waals surface area contributed by atoms with Crippen LogP contribution in [0.5, 0.6) is 0 Å². The maximum Gasteiger partial charge on any atom is 0.239 e. The van der Waals surface area contributed by atoms with Gasteiger partial charge in [-0.05, 0) is 59.5 Å². The number of likely N-dealkylation sites (tertiary alicyclic amines) is 1. The molecule has 1 fully saturated rings. The zero-order valence-corrected chi connectivity index (χ0v) is 16.6. The molecule has 6 nitrogen and oxygen atoms in total. The van der Waals surface area contributed by atoms with Crippen LogP contribution < -0.4 is 11.1 Å². The molecular weight excluding hydrogens is 351 g/mol. The van der Waals surface area contributed by atoms with Crippen LogP contribution >= 0.6 is 24.8 Å². The minimum Gasteiger partial charge on any atom is -0.444 e. The van der Waals surface area contributed by atoms with E-state index in [4.69, 9.17) is 10.2 Å². The van der Waals surface area contributed by atoms with Gasteiger partial charge in [-0.3, -0.25) is 9.69 Å². The highest BCUT2D eigenvalue weighted by molar-refractivity contribution is 5.85. The van der Waals surface area contributed by atoms with Crippen LogP contribution in [-0.2, 0) is 11.3 Å². The lowest BCUT2D eigenvalue weighted by Crippen LogP contribution is -2.50. The standard InChI is InChI=1S/C16H28N4O2.2ClH/c1-11-12(2)22-14(19-11)10-20-7-5-13(6-8-20)9-18-15(21)16(3,4)17;;/h13H,5-10,17H2,1-4H3,(H,18,21);2*1H. The highest BCUT2D eigenvalue weighted by atomic mass is 35.5. The SMILES string of the molecule is Cc1nc(CN2CCC(CNC(=O)C(C)(C)N)CC2)oc1C.Cl.Cl. The van der Waals surface area contributed by atoms with Crippen molar-refractivity contribution in [1.29, 1.82) is 0 Å². The summed E-state index contributed by atoms with van der Waals surface area (Å²) in [7, 11) is 0. The molecule has 2 rings (SSSR count). The number of oxazole rings is 1. The zero-order valence-electron chi connectivity index (χ0n) is 14.9. The molecule has 0 radical (unpaired) electrons. The molecule has 1 amide bonds. The molecule has 8 heteroatoms. The van der Waals surface area contributed by atoms with Crippen LogP contribution in [0.25, 0.3) is 0 Å². The predicted molar refractivity (Wildman–Crippen MR) is 99.8 cm³/mol. The van der Waals surface area contributed by atoms with E-state index in [0.29, 0.717) is 12.5 Å². The van der Waals surface area contributed by atoms with E-state index < -0.39 is 5.54 Å². The Bertz CT molecular complexity index is 501. The summed E-state index contributed by atoms with van der Waals surface area (Å²) < 4.78 is 5.64. The summed E-state index contributed by atoms with van der Waals surface area (Å²) in [6.45, 7) is 10.9. The van der Waals surface area contributed by atoms with Crippen molar-refractivity contribution in [2.24, 2.45) is 11.7 Å². The lowest BCUT2D eigenvalue weighted by Gasteiger charge is -2.31. The van der Waals surface area contributed by atoms with Gasteiger partial charge in [-0.1, -0.05) is 0 Å². The number of nitrogens with zero attached hydrogens (tertiary/aromatic N) is 2. The molecule has 3 N–H and O–H groups in total. The molecule has 0 aliphatic carbocycles. The van der Waals surface area contributed by atoms with Crippen molar-refractivity contribution >= 4 is 30.7 Å². The summed E-state index contributed by atoms with van der Waals surface area (Å²) in [5, 5.41) is 2.95. The number of carbonyl (C=O) groups is 1. The number of nitrogens with one attached hydrogen (secondary N) is 1. The molecule has 140 valence electrons. The van der Waals surface area contributed by atoms with Crippen molar-refractivity contribution in [3.8, 4) is 0 Å². The Morgan fingerprint density at radius 1 is 1.33 bits per heavy atom. The topological polar surface area (TPSA) is 84.4 Å². The van der Waals surface area contributed by atoms with E-state index in [-0.39, 0.29) is 30.7 Å². The summed E-state index contributed by atoms with van der Waals surface area (Å²) >= 11 is 0. The van der Waals surface area contributed by atoms with Crippen LogP contribution in [0.1, 0.15) is 44.0 Å². The third-order valence-corrected chi connectivity index (χ3v) is 4.28. The van der Waals surface area contributed by atoms with Crippen LogP contribution in [-0.4, -0.2) is 41.0 Å². The predicted octanol–water partition coefficient (Wildman–Crippen LogP) is 2.20. The Morgan fingerprint density at radius 2 is 1.92 bits per heavy atom. The summed E-state index contributed by atoms with van der Waals surface area (Å²) in [4.78, 5) is 18.6. The molecule has 0 bridgehead atoms. The van der Waals surface area contributed by atoms with Gasteiger partial charge in [-0.25, -0.2) is 4.98 Å². The largest absolute Gasteiger partial charge is 0.444 e. The lowest BCUT2D eigenvalue weighted by atomic mass is 9.96. The Morgan fingerprint density at radius 3 is 2.38 bits per heavy atom. The average Bonchev–Trinajstić information content (AvgIpc) is 2.75. The number of aromatic nitrogens is 1. The fourth-order valence-corrected chi connectivity index (χ4v) is 2.61. The normalized spacial score (nSPS) is 16.2. The number of rotatable bonds is 5. The van der Waals surface area contributed by atoms with Crippen molar-refractivity contribution in [2.75, 3.05) is 19.6 Å². The average molecular weight is 381 g/mol. The molecular formula is C16H30Cl2N4O2. The van der Waals surface area contributed by atoms with Gasteiger partial charge in [0, 0.05) is 6.54 Å². The van der Waals surface area contributed by atoms with Gasteiger partial charge in [0.1, 0.15) is 5.76 Å². The molecule has 1 saturated heterocycles. The van der Waals surface area contributed by atoms with Crippen LogP contribution in [0.4, 0.5) is 0 Å². The maximum absolute atomic E-state index is 11.8. The van der Waals surface area contributed by atoms with Crippen molar-refractivity contribution in [3.05, 3.63) is 17.3 Å². The van der Waals surface area contributed by atoms with E-state index in [2.05, 4.69) is 15.2 Å². The Balaban J connectivity index is 0.00000264. The smallest absolute Gasteiger partial charge is 0.239 e. The fourth-order valence-electron chi connectivity index (χ4n) is 2.61. The van der Waals surface area contributed by atoms with Gasteiger partial charge < -0.3 is 15.5 Å². The van der Waals surface area contributed by atoms with Crippen LogP contribution in [0.3, 0.4) is 0 Å². The molecule has 0 spiro atoms. The third-order valence-electron chi connectivity index (χ3n) is 4.28. The highest BCUT2D eigenvalue weighted by Crippen LogP contribution is 2.19. The van der Waals surface area contributed by atoms with Gasteiger partial charge >= 0.3 is 0 Å². The third kappa shape index (κ3) is 6.59. The summed E-state index contributed by atoms with van der Waals surface area (Å²) in [5.74, 6) is 2.14. The van der Waals surface area contributed by atoms with Crippen LogP contribution in [0.15, 0.2) is 4.42 Å². The summed E-state index contributed by atoms with van der Waals surface area (Å²) in [6, 6.07) is 0. The second kappa shape index (κ2) is 9.61. The van der Waals surface area contributed by atoms with Crippen LogP contribution in [0, 0.1) is 19.8 Å². The van der Waals surface area contributed by atoms with E-state index in [1.54, 1.807) is 13.8 Å². The van der Waals surface area contributed by atoms with Crippen molar-refractivity contribution in [1.82, 2.24) is 15.2 Å². The molecule has 1 aliphatic heterocycles. The van der Waals surface area contributed by atoms with E-state index in [1.165, 1.54) is 0 Å². The first-order chi connectivity index (χ1) is 10.3. The summed E-state index contributed by atoms with van der Waals surface area (Å²) in [6.07, 6.45) is 2.15.